The van der Waals surface area contributed by atoms with Gasteiger partial charge in [-0.25, -0.2) is 9.36 Å². The zero-order valence-corrected chi connectivity index (χ0v) is 15.8. The first kappa shape index (κ1) is 20.3. The Morgan fingerprint density at radius 1 is 1.08 bits per heavy atom. The van der Waals surface area contributed by atoms with Crippen LogP contribution in [0.25, 0.3) is 0 Å². The predicted octanol–water partition coefficient (Wildman–Crippen LogP) is 4.33. The second-order valence-corrected chi connectivity index (χ2v) is 7.60. The van der Waals surface area contributed by atoms with E-state index in [-0.39, 0.29) is 5.56 Å². The fourth-order valence-corrected chi connectivity index (χ4v) is 3.20. The lowest BCUT2D eigenvalue weighted by Crippen LogP contribution is -2.26. The molecule has 0 bridgehead atoms. The Labute approximate surface area is 159 Å². The highest BCUT2D eigenvalue weighted by Gasteiger charge is 2.36. The number of oxime groups is 1. The second-order valence-electron chi connectivity index (χ2n) is 5.08. The summed E-state index contributed by atoms with van der Waals surface area (Å²) in [5.74, 6) is -0.790. The molecule has 0 aliphatic carbocycles. The largest absolute Gasteiger partial charge is 0.479 e. The molecule has 26 heavy (non-hydrogen) atoms. The average molecular weight is 418 g/mol. The number of ether oxygens (including phenoxy) is 1. The van der Waals surface area contributed by atoms with Gasteiger partial charge in [-0.15, -0.1) is 0 Å². The van der Waals surface area contributed by atoms with E-state index >= 15 is 0 Å². The van der Waals surface area contributed by atoms with Crippen molar-refractivity contribution in [1.82, 2.24) is 0 Å². The van der Waals surface area contributed by atoms with Crippen molar-refractivity contribution in [2.75, 3.05) is 0 Å². The Balaban J connectivity index is 2.10. The van der Waals surface area contributed by atoms with Crippen molar-refractivity contribution < 1.29 is 28.7 Å². The number of hydrogen-bond donors (Lipinski definition) is 2. The van der Waals surface area contributed by atoms with Crippen molar-refractivity contribution in [3.8, 4) is 5.75 Å². The number of hydrogen-bond acceptors (Lipinski definition) is 6. The molecule has 2 N–H and O–H groups in total. The van der Waals surface area contributed by atoms with Crippen LogP contribution in [-0.4, -0.2) is 27.6 Å². The number of halogens is 2. The van der Waals surface area contributed by atoms with Gasteiger partial charge in [0.15, 0.2) is 6.10 Å². The first-order valence-corrected chi connectivity index (χ1v) is 9.53. The highest BCUT2D eigenvalue weighted by molar-refractivity contribution is 7.72. The van der Waals surface area contributed by atoms with Crippen LogP contribution in [0.1, 0.15) is 12.5 Å². The molecule has 0 aromatic heterocycles. The molecule has 0 radical (unpaired) electrons. The van der Waals surface area contributed by atoms with Gasteiger partial charge in [-0.05, 0) is 43.3 Å². The summed E-state index contributed by atoms with van der Waals surface area (Å²) < 4.78 is 22.3. The molecular formula is C16H14Cl2NO6P. The van der Waals surface area contributed by atoms with E-state index in [0.717, 1.165) is 0 Å². The van der Waals surface area contributed by atoms with E-state index in [9.17, 15) is 14.3 Å². The minimum atomic E-state index is -4.76. The van der Waals surface area contributed by atoms with Crippen LogP contribution in [0.4, 0.5) is 0 Å². The molecule has 7 nitrogen and oxygen atoms in total. The van der Waals surface area contributed by atoms with Gasteiger partial charge in [-0.2, -0.15) is 0 Å². The van der Waals surface area contributed by atoms with Crippen LogP contribution in [0.5, 0.6) is 5.75 Å². The molecule has 0 saturated carbocycles. The lowest BCUT2D eigenvalue weighted by molar-refractivity contribution is -0.141. The zero-order valence-electron chi connectivity index (χ0n) is 13.4. The van der Waals surface area contributed by atoms with Crippen molar-refractivity contribution in [2.24, 2.45) is 5.16 Å². The monoisotopic (exact) mass is 417 g/mol. The van der Waals surface area contributed by atoms with Crippen LogP contribution < -0.4 is 4.74 Å². The summed E-state index contributed by atoms with van der Waals surface area (Å²) >= 11 is 11.5. The van der Waals surface area contributed by atoms with E-state index in [1.807, 2.05) is 0 Å². The predicted molar refractivity (Wildman–Crippen MR) is 97.2 cm³/mol. The standard InChI is InChI=1S/C16H14Cl2NO6P/c1-10(24-14-8-6-13(18)7-9-14)16(20)25-26(22,23)15(19-21)11-2-4-12(17)5-3-11/h2-10,21H,1H3,(H,22,23). The van der Waals surface area contributed by atoms with E-state index < -0.39 is 25.1 Å². The van der Waals surface area contributed by atoms with Gasteiger partial charge in [0, 0.05) is 15.6 Å². The summed E-state index contributed by atoms with van der Waals surface area (Å²) in [5.41, 5.74) is -0.622. The molecule has 0 saturated heterocycles. The van der Waals surface area contributed by atoms with E-state index in [1.165, 1.54) is 43.3 Å². The van der Waals surface area contributed by atoms with Gasteiger partial charge in [0.05, 0.1) is 0 Å². The van der Waals surface area contributed by atoms with Crippen LogP contribution in [0.3, 0.4) is 0 Å². The molecule has 0 spiro atoms. The summed E-state index contributed by atoms with van der Waals surface area (Å²) in [6.45, 7) is 1.34. The molecule has 0 aliphatic rings. The fourth-order valence-electron chi connectivity index (χ4n) is 1.88. The SMILES string of the molecule is CC(Oc1ccc(Cl)cc1)C(=O)OP(=O)(O)C(=NO)c1ccc(Cl)cc1. The number of benzene rings is 2. The van der Waals surface area contributed by atoms with E-state index in [2.05, 4.69) is 9.68 Å². The Morgan fingerprint density at radius 3 is 2.08 bits per heavy atom. The molecule has 2 unspecified atom stereocenters. The third kappa shape index (κ3) is 5.22. The summed E-state index contributed by atoms with van der Waals surface area (Å²) in [7, 11) is -4.76. The smallest absolute Gasteiger partial charge is 0.432 e. The van der Waals surface area contributed by atoms with Gasteiger partial charge in [-0.3, -0.25) is 0 Å². The number of nitrogens with zero attached hydrogens (tertiary/aromatic N) is 1. The summed E-state index contributed by atoms with van der Waals surface area (Å²) in [6, 6.07) is 11.7. The molecule has 138 valence electrons. The number of carbonyl (C=O) groups is 1. The molecule has 0 fully saturated rings. The van der Waals surface area contributed by atoms with Crippen LogP contribution >= 0.6 is 30.8 Å². The molecule has 2 aromatic carbocycles. The normalized spacial score (nSPS) is 15.0. The third-order valence-electron chi connectivity index (χ3n) is 3.14. The molecule has 10 heteroatoms. The summed E-state index contributed by atoms with van der Waals surface area (Å²) in [4.78, 5) is 22.1. The fraction of sp³-hybridized carbons (Fsp3) is 0.125. The highest BCUT2D eigenvalue weighted by Crippen LogP contribution is 2.46. The van der Waals surface area contributed by atoms with Crippen molar-refractivity contribution in [3.05, 3.63) is 64.1 Å². The zero-order chi connectivity index (χ0) is 19.3. The van der Waals surface area contributed by atoms with E-state index in [4.69, 9.17) is 33.1 Å². The Bertz CT molecular complexity index is 854. The molecule has 2 atom stereocenters. The molecule has 0 aliphatic heterocycles. The highest BCUT2D eigenvalue weighted by atomic mass is 35.5. The Morgan fingerprint density at radius 2 is 1.58 bits per heavy atom. The number of carbonyl (C=O) groups excluding carboxylic acids is 1. The summed E-state index contributed by atoms with van der Waals surface area (Å²) in [6.07, 6.45) is -1.19. The third-order valence-corrected chi connectivity index (χ3v) is 4.95. The van der Waals surface area contributed by atoms with E-state index in [1.54, 1.807) is 12.1 Å². The van der Waals surface area contributed by atoms with Crippen LogP contribution in [0.15, 0.2) is 53.7 Å². The lowest BCUT2D eigenvalue weighted by atomic mass is 10.2. The van der Waals surface area contributed by atoms with Crippen LogP contribution in [0.2, 0.25) is 10.0 Å². The van der Waals surface area contributed by atoms with Gasteiger partial charge >= 0.3 is 13.6 Å². The van der Waals surface area contributed by atoms with Gasteiger partial charge < -0.3 is 19.4 Å². The molecule has 0 heterocycles. The summed E-state index contributed by atoms with van der Waals surface area (Å²) in [5, 5.41) is 12.7. The van der Waals surface area contributed by atoms with Crippen molar-refractivity contribution in [2.45, 2.75) is 13.0 Å². The maximum absolute atomic E-state index is 12.4. The van der Waals surface area contributed by atoms with Crippen molar-refractivity contribution in [3.63, 3.8) is 0 Å². The topological polar surface area (TPSA) is 105 Å². The number of rotatable bonds is 6. The van der Waals surface area contributed by atoms with Gasteiger partial charge in [0.1, 0.15) is 5.75 Å². The van der Waals surface area contributed by atoms with Gasteiger partial charge in [0.2, 0.25) is 5.45 Å². The molecule has 2 rings (SSSR count). The minimum absolute atomic E-state index is 0.0711. The van der Waals surface area contributed by atoms with Crippen molar-refractivity contribution >= 4 is 42.2 Å². The minimum Gasteiger partial charge on any atom is -0.479 e. The maximum atomic E-state index is 12.4. The maximum Gasteiger partial charge on any atom is 0.432 e. The Hall–Kier alpha value is -2.05. The quantitative estimate of drug-likeness (QED) is 0.313. The first-order valence-electron chi connectivity index (χ1n) is 7.20. The van der Waals surface area contributed by atoms with Crippen molar-refractivity contribution in [1.29, 1.82) is 0 Å². The van der Waals surface area contributed by atoms with Crippen LogP contribution in [-0.2, 0) is 13.9 Å². The first-order chi connectivity index (χ1) is 12.2. The van der Waals surface area contributed by atoms with E-state index in [0.29, 0.717) is 15.8 Å². The average Bonchev–Trinajstić information content (AvgIpc) is 2.58. The molecule has 0 amide bonds. The molecular weight excluding hydrogens is 404 g/mol. The Kier molecular flexibility index (Phi) is 6.67. The van der Waals surface area contributed by atoms with Gasteiger partial charge in [0.25, 0.3) is 0 Å². The second kappa shape index (κ2) is 8.56. The lowest BCUT2D eigenvalue weighted by Gasteiger charge is -2.17. The van der Waals surface area contributed by atoms with Crippen LogP contribution in [0, 0.1) is 0 Å². The molecule has 2 aromatic rings. The van der Waals surface area contributed by atoms with Gasteiger partial charge in [-0.1, -0.05) is 40.5 Å².